The van der Waals surface area contributed by atoms with Crippen LogP contribution < -0.4 is 20.5 Å². The van der Waals surface area contributed by atoms with Crippen LogP contribution in [0.4, 0.5) is 11.9 Å². The normalized spacial score (nSPS) is 21.5. The van der Waals surface area contributed by atoms with Gasteiger partial charge in [-0.3, -0.25) is 4.79 Å². The zero-order chi connectivity index (χ0) is 18.3. The number of pyridine rings is 1. The average molecular weight is 356 g/mol. The number of anilines is 2. The molecule has 2 aliphatic rings. The van der Waals surface area contributed by atoms with Crippen LogP contribution in [0, 0.1) is 5.92 Å². The van der Waals surface area contributed by atoms with Crippen LogP contribution in [-0.4, -0.2) is 45.8 Å². The Hall–Kier alpha value is -2.64. The maximum atomic E-state index is 12.2. The third-order valence-electron chi connectivity index (χ3n) is 4.97. The second-order valence-corrected chi connectivity index (χ2v) is 7.35. The van der Waals surface area contributed by atoms with Gasteiger partial charge in [0, 0.05) is 43.4 Å². The van der Waals surface area contributed by atoms with E-state index in [2.05, 4.69) is 31.2 Å². The Labute approximate surface area is 152 Å². The molecule has 26 heavy (non-hydrogen) atoms. The van der Waals surface area contributed by atoms with Crippen molar-refractivity contribution in [3.63, 3.8) is 0 Å². The van der Waals surface area contributed by atoms with Crippen LogP contribution in [0.15, 0.2) is 23.0 Å². The Balaban J connectivity index is 1.65. The lowest BCUT2D eigenvalue weighted by molar-refractivity contribution is 0.279. The lowest BCUT2D eigenvalue weighted by Crippen LogP contribution is -2.47. The molecule has 0 amide bonds. The molecule has 0 radical (unpaired) electrons. The molecule has 2 aromatic heterocycles. The third kappa shape index (κ3) is 3.11. The molecule has 0 aromatic carbocycles. The van der Waals surface area contributed by atoms with Crippen LogP contribution in [-0.2, 0) is 6.54 Å². The molecule has 8 heteroatoms. The number of piperidine rings is 1. The first kappa shape index (κ1) is 16.8. The lowest BCUT2D eigenvalue weighted by atomic mass is 9.83. The minimum Gasteiger partial charge on any atom is -0.467 e. The molecule has 1 N–H and O–H groups in total. The molecule has 4 rings (SSSR count). The standard InChI is InChI=1S/C18H24N6O2/c1-11(2)19-16-20-17(22-18(21-16)26-3)23-8-12-7-13(10-23)14-5-4-6-15(25)24(14)9-12/h4-6,11-13H,7-10H2,1-3H3,(H,19,20,21,22)/t12-,13+/m0/s1. The summed E-state index contributed by atoms with van der Waals surface area (Å²) in [5.41, 5.74) is 1.20. The van der Waals surface area contributed by atoms with Crippen molar-refractivity contribution < 1.29 is 4.74 Å². The second kappa shape index (κ2) is 6.59. The van der Waals surface area contributed by atoms with Crippen molar-refractivity contribution in [3.05, 3.63) is 34.2 Å². The summed E-state index contributed by atoms with van der Waals surface area (Å²) in [6, 6.07) is 6.08. The summed E-state index contributed by atoms with van der Waals surface area (Å²) in [6.07, 6.45) is 1.10. The van der Waals surface area contributed by atoms with Gasteiger partial charge in [0.1, 0.15) is 0 Å². The zero-order valence-corrected chi connectivity index (χ0v) is 15.3. The van der Waals surface area contributed by atoms with Crippen LogP contribution >= 0.6 is 0 Å². The van der Waals surface area contributed by atoms with Crippen molar-refractivity contribution in [1.82, 2.24) is 19.5 Å². The fourth-order valence-electron chi connectivity index (χ4n) is 3.96. The summed E-state index contributed by atoms with van der Waals surface area (Å²) in [6.45, 7) is 6.44. The van der Waals surface area contributed by atoms with Gasteiger partial charge in [-0.2, -0.15) is 15.0 Å². The number of methoxy groups -OCH3 is 1. The summed E-state index contributed by atoms with van der Waals surface area (Å²) in [5, 5.41) is 3.22. The molecule has 0 spiro atoms. The fraction of sp³-hybridized carbons (Fsp3) is 0.556. The van der Waals surface area contributed by atoms with E-state index in [1.165, 1.54) is 0 Å². The molecule has 8 nitrogen and oxygen atoms in total. The molecule has 2 aromatic rings. The molecule has 1 fully saturated rings. The molecule has 1 saturated heterocycles. The Bertz CT molecular complexity index is 865. The van der Waals surface area contributed by atoms with Gasteiger partial charge in [0.25, 0.3) is 5.56 Å². The average Bonchev–Trinajstić information content (AvgIpc) is 2.61. The first-order chi connectivity index (χ1) is 12.5. The first-order valence-corrected chi connectivity index (χ1v) is 9.04. The van der Waals surface area contributed by atoms with Gasteiger partial charge in [0.15, 0.2) is 0 Å². The summed E-state index contributed by atoms with van der Waals surface area (Å²) in [4.78, 5) is 27.7. The van der Waals surface area contributed by atoms with Crippen molar-refractivity contribution in [2.45, 2.75) is 38.8 Å². The molecule has 0 saturated carbocycles. The van der Waals surface area contributed by atoms with E-state index in [-0.39, 0.29) is 11.6 Å². The van der Waals surface area contributed by atoms with Crippen molar-refractivity contribution in [2.24, 2.45) is 5.92 Å². The van der Waals surface area contributed by atoms with Gasteiger partial charge >= 0.3 is 6.01 Å². The van der Waals surface area contributed by atoms with Crippen molar-refractivity contribution in [2.75, 3.05) is 30.4 Å². The molecule has 4 heterocycles. The van der Waals surface area contributed by atoms with Crippen molar-refractivity contribution >= 4 is 11.9 Å². The monoisotopic (exact) mass is 356 g/mol. The van der Waals surface area contributed by atoms with Crippen molar-refractivity contribution in [3.8, 4) is 6.01 Å². The highest BCUT2D eigenvalue weighted by atomic mass is 16.5. The first-order valence-electron chi connectivity index (χ1n) is 9.04. The number of fused-ring (bicyclic) bond motifs is 4. The SMILES string of the molecule is COc1nc(NC(C)C)nc(N2C[C@@H]3C[C@H](C2)c2cccc(=O)n2C3)n1. The van der Waals surface area contributed by atoms with E-state index < -0.39 is 0 Å². The minimum atomic E-state index is 0.0934. The topological polar surface area (TPSA) is 85.2 Å². The molecule has 2 aliphatic heterocycles. The van der Waals surface area contributed by atoms with E-state index in [1.54, 1.807) is 13.2 Å². The highest BCUT2D eigenvalue weighted by molar-refractivity contribution is 5.40. The molecule has 2 atom stereocenters. The van der Waals surface area contributed by atoms with Crippen LogP contribution in [0.1, 0.15) is 31.9 Å². The summed E-state index contributed by atoms with van der Waals surface area (Å²) < 4.78 is 7.19. The number of ether oxygens (including phenoxy) is 1. The highest BCUT2D eigenvalue weighted by Gasteiger charge is 2.35. The van der Waals surface area contributed by atoms with E-state index >= 15 is 0 Å². The predicted molar refractivity (Wildman–Crippen MR) is 98.9 cm³/mol. The third-order valence-corrected chi connectivity index (χ3v) is 4.97. The lowest BCUT2D eigenvalue weighted by Gasteiger charge is -2.42. The van der Waals surface area contributed by atoms with Crippen LogP contribution in [0.5, 0.6) is 6.01 Å². The van der Waals surface area contributed by atoms with Crippen molar-refractivity contribution in [1.29, 1.82) is 0 Å². The van der Waals surface area contributed by atoms with Gasteiger partial charge in [0.2, 0.25) is 11.9 Å². The predicted octanol–water partition coefficient (Wildman–Crippen LogP) is 1.49. The van der Waals surface area contributed by atoms with Gasteiger partial charge in [0.05, 0.1) is 7.11 Å². The number of aromatic nitrogens is 4. The largest absolute Gasteiger partial charge is 0.467 e. The van der Waals surface area contributed by atoms with Crippen LogP contribution in [0.2, 0.25) is 0 Å². The van der Waals surface area contributed by atoms with Gasteiger partial charge < -0.3 is 19.5 Å². The maximum Gasteiger partial charge on any atom is 0.322 e. The Morgan fingerprint density at radius 2 is 2.04 bits per heavy atom. The second-order valence-electron chi connectivity index (χ2n) is 7.35. The Kier molecular flexibility index (Phi) is 4.26. The Morgan fingerprint density at radius 1 is 1.19 bits per heavy atom. The zero-order valence-electron chi connectivity index (χ0n) is 15.3. The van der Waals surface area contributed by atoms with Crippen LogP contribution in [0.25, 0.3) is 0 Å². The molecule has 0 unspecified atom stereocenters. The van der Waals surface area contributed by atoms with Gasteiger partial charge in [-0.25, -0.2) is 0 Å². The summed E-state index contributed by atoms with van der Waals surface area (Å²) in [5.74, 6) is 1.86. The van der Waals surface area contributed by atoms with Gasteiger partial charge in [-0.05, 0) is 32.3 Å². The highest BCUT2D eigenvalue weighted by Crippen LogP contribution is 2.36. The van der Waals surface area contributed by atoms with Gasteiger partial charge in [-0.15, -0.1) is 0 Å². The molecule has 2 bridgehead atoms. The fourth-order valence-corrected chi connectivity index (χ4v) is 3.96. The minimum absolute atomic E-state index is 0.0934. The summed E-state index contributed by atoms with van der Waals surface area (Å²) >= 11 is 0. The molecule has 138 valence electrons. The number of nitrogens with one attached hydrogen (secondary N) is 1. The number of nitrogens with zero attached hydrogens (tertiary/aromatic N) is 5. The maximum absolute atomic E-state index is 12.2. The van der Waals surface area contributed by atoms with E-state index in [1.807, 2.05) is 24.5 Å². The smallest absolute Gasteiger partial charge is 0.322 e. The molecular weight excluding hydrogens is 332 g/mol. The molecule has 0 aliphatic carbocycles. The van der Waals surface area contributed by atoms with Gasteiger partial charge in [-0.1, -0.05) is 6.07 Å². The van der Waals surface area contributed by atoms with E-state index in [0.717, 1.165) is 31.7 Å². The van der Waals surface area contributed by atoms with Crippen LogP contribution in [0.3, 0.4) is 0 Å². The number of rotatable bonds is 4. The van der Waals surface area contributed by atoms with E-state index in [0.29, 0.717) is 29.7 Å². The molecular formula is C18H24N6O2. The van der Waals surface area contributed by atoms with E-state index in [4.69, 9.17) is 4.74 Å². The Morgan fingerprint density at radius 3 is 2.81 bits per heavy atom. The summed E-state index contributed by atoms with van der Waals surface area (Å²) in [7, 11) is 1.56. The quantitative estimate of drug-likeness (QED) is 0.888. The number of hydrogen-bond acceptors (Lipinski definition) is 7. The van der Waals surface area contributed by atoms with E-state index in [9.17, 15) is 4.79 Å². The number of hydrogen-bond donors (Lipinski definition) is 1.